The summed E-state index contributed by atoms with van der Waals surface area (Å²) in [6.07, 6.45) is 1.86. The summed E-state index contributed by atoms with van der Waals surface area (Å²) in [5.41, 5.74) is 1.60. The molecule has 236 valence electrons. The summed E-state index contributed by atoms with van der Waals surface area (Å²) in [6, 6.07) is 27.5. The van der Waals surface area contributed by atoms with Crippen LogP contribution in [0.2, 0.25) is 15.1 Å². The molecule has 1 atom stereocenters. The van der Waals surface area contributed by atoms with E-state index in [2.05, 4.69) is 5.32 Å². The number of halogens is 3. The Morgan fingerprint density at radius 2 is 1.42 bits per heavy atom. The van der Waals surface area contributed by atoms with Crippen LogP contribution in [0.3, 0.4) is 0 Å². The van der Waals surface area contributed by atoms with Gasteiger partial charge in [0.2, 0.25) is 11.8 Å². The second-order valence-electron chi connectivity index (χ2n) is 10.4. The Balaban J connectivity index is 1.81. The Labute approximate surface area is 279 Å². The molecule has 0 aromatic heterocycles. The zero-order valence-corrected chi connectivity index (χ0v) is 27.8. The van der Waals surface area contributed by atoms with Crippen molar-refractivity contribution in [2.45, 2.75) is 43.7 Å². The quantitative estimate of drug-likeness (QED) is 0.140. The number of nitrogens with zero attached hydrogens (tertiary/aromatic N) is 2. The van der Waals surface area contributed by atoms with Gasteiger partial charge in [0.25, 0.3) is 10.0 Å². The number of rotatable bonds is 14. The van der Waals surface area contributed by atoms with E-state index in [1.807, 2.05) is 37.3 Å². The molecular weight excluding hydrogens is 653 g/mol. The maximum Gasteiger partial charge on any atom is 0.264 e. The van der Waals surface area contributed by atoms with Gasteiger partial charge in [0.05, 0.1) is 15.6 Å². The van der Waals surface area contributed by atoms with Crippen molar-refractivity contribution in [2.75, 3.05) is 17.4 Å². The van der Waals surface area contributed by atoms with E-state index in [4.69, 9.17) is 34.8 Å². The highest BCUT2D eigenvalue weighted by atomic mass is 35.5. The van der Waals surface area contributed by atoms with E-state index < -0.39 is 28.5 Å². The summed E-state index contributed by atoms with van der Waals surface area (Å²) in [6.45, 7) is 1.85. The monoisotopic (exact) mass is 685 g/mol. The van der Waals surface area contributed by atoms with Crippen molar-refractivity contribution < 1.29 is 18.0 Å². The van der Waals surface area contributed by atoms with E-state index in [1.54, 1.807) is 42.5 Å². The molecule has 0 aliphatic carbocycles. The van der Waals surface area contributed by atoms with E-state index in [1.165, 1.54) is 35.2 Å². The number of carbonyl (C=O) groups is 2. The van der Waals surface area contributed by atoms with Crippen LogP contribution in [0.4, 0.5) is 5.69 Å². The minimum atomic E-state index is -4.30. The van der Waals surface area contributed by atoms with Gasteiger partial charge in [-0.15, -0.1) is 0 Å². The molecule has 0 fully saturated rings. The van der Waals surface area contributed by atoms with Crippen LogP contribution in [0.1, 0.15) is 30.9 Å². The van der Waals surface area contributed by atoms with Gasteiger partial charge < -0.3 is 10.2 Å². The lowest BCUT2D eigenvalue weighted by Crippen LogP contribution is -2.53. The normalized spacial score (nSPS) is 11.9. The second kappa shape index (κ2) is 16.1. The van der Waals surface area contributed by atoms with Crippen LogP contribution in [0.25, 0.3) is 0 Å². The number of sulfonamides is 1. The van der Waals surface area contributed by atoms with Crippen molar-refractivity contribution in [1.29, 1.82) is 0 Å². The Morgan fingerprint density at radius 1 is 0.800 bits per heavy atom. The first-order valence-electron chi connectivity index (χ1n) is 14.5. The molecule has 0 spiro atoms. The molecule has 2 amide bonds. The molecule has 4 aromatic rings. The van der Waals surface area contributed by atoms with Crippen LogP contribution in [-0.4, -0.2) is 44.3 Å². The lowest BCUT2D eigenvalue weighted by atomic mass is 10.0. The zero-order valence-electron chi connectivity index (χ0n) is 24.7. The zero-order chi connectivity index (χ0) is 32.4. The van der Waals surface area contributed by atoms with Gasteiger partial charge in [-0.05, 0) is 60.0 Å². The Morgan fingerprint density at radius 3 is 2.07 bits per heavy atom. The van der Waals surface area contributed by atoms with Gasteiger partial charge in [-0.25, -0.2) is 8.42 Å². The maximum absolute atomic E-state index is 14.5. The van der Waals surface area contributed by atoms with Crippen LogP contribution in [0.5, 0.6) is 0 Å². The van der Waals surface area contributed by atoms with Crippen LogP contribution in [0, 0.1) is 0 Å². The third-order valence-electron chi connectivity index (χ3n) is 7.15. The van der Waals surface area contributed by atoms with Crippen LogP contribution in [-0.2, 0) is 32.6 Å². The molecule has 0 radical (unpaired) electrons. The molecule has 0 heterocycles. The predicted octanol–water partition coefficient (Wildman–Crippen LogP) is 7.40. The molecule has 7 nitrogen and oxygen atoms in total. The smallest absolute Gasteiger partial charge is 0.264 e. The van der Waals surface area contributed by atoms with E-state index in [9.17, 15) is 18.0 Å². The average Bonchev–Trinajstić information content (AvgIpc) is 3.04. The highest BCUT2D eigenvalue weighted by Gasteiger charge is 2.35. The van der Waals surface area contributed by atoms with Gasteiger partial charge in [0.15, 0.2) is 0 Å². The Hall–Kier alpha value is -3.56. The van der Waals surface area contributed by atoms with Crippen LogP contribution in [0.15, 0.2) is 108 Å². The average molecular weight is 687 g/mol. The van der Waals surface area contributed by atoms with Gasteiger partial charge in [-0.3, -0.25) is 13.9 Å². The van der Waals surface area contributed by atoms with E-state index in [0.29, 0.717) is 17.1 Å². The molecule has 0 aliphatic rings. The Bertz CT molecular complexity index is 1690. The lowest BCUT2D eigenvalue weighted by molar-refractivity contribution is -0.140. The molecule has 0 saturated carbocycles. The van der Waals surface area contributed by atoms with Crippen LogP contribution >= 0.6 is 34.8 Å². The Kier molecular flexibility index (Phi) is 12.3. The van der Waals surface area contributed by atoms with Gasteiger partial charge in [-0.1, -0.05) is 109 Å². The number of anilines is 1. The first-order chi connectivity index (χ1) is 21.6. The van der Waals surface area contributed by atoms with E-state index >= 15 is 0 Å². The SMILES string of the molecule is CCCCNC(=O)[C@H](Cc1ccccc1)N(Cc1ccc(Cl)cc1)C(=O)CN(c1cc(Cl)ccc1Cl)S(=O)(=O)c1ccccc1. The summed E-state index contributed by atoms with van der Waals surface area (Å²) in [5.74, 6) is -0.944. The minimum Gasteiger partial charge on any atom is -0.354 e. The van der Waals surface area contributed by atoms with Gasteiger partial charge in [0.1, 0.15) is 12.6 Å². The molecule has 4 aromatic carbocycles. The molecule has 0 saturated heterocycles. The summed E-state index contributed by atoms with van der Waals surface area (Å²) >= 11 is 18.9. The number of benzene rings is 4. The van der Waals surface area contributed by atoms with Crippen molar-refractivity contribution in [1.82, 2.24) is 10.2 Å². The summed E-state index contributed by atoms with van der Waals surface area (Å²) < 4.78 is 29.1. The number of hydrogen-bond acceptors (Lipinski definition) is 4. The lowest BCUT2D eigenvalue weighted by Gasteiger charge is -2.34. The third-order valence-corrected chi connectivity index (χ3v) is 9.73. The summed E-state index contributed by atoms with van der Waals surface area (Å²) in [4.78, 5) is 29.7. The number of amides is 2. The number of unbranched alkanes of at least 4 members (excludes halogenated alkanes) is 1. The van der Waals surface area contributed by atoms with Gasteiger partial charge >= 0.3 is 0 Å². The fraction of sp³-hybridized carbons (Fsp3) is 0.235. The molecule has 0 unspecified atom stereocenters. The van der Waals surface area contributed by atoms with Crippen molar-refractivity contribution >= 4 is 62.3 Å². The fourth-order valence-electron chi connectivity index (χ4n) is 4.76. The maximum atomic E-state index is 14.5. The highest BCUT2D eigenvalue weighted by Crippen LogP contribution is 2.33. The first-order valence-corrected chi connectivity index (χ1v) is 17.1. The minimum absolute atomic E-state index is 0.0250. The molecule has 45 heavy (non-hydrogen) atoms. The standard InChI is InChI=1S/C34H34Cl3N3O4S/c1-2-3-20-38-34(42)32(21-25-10-6-4-7-11-25)39(23-26-14-16-27(35)17-15-26)33(41)24-40(31-22-28(36)18-19-30(31)37)45(43,44)29-12-8-5-9-13-29/h4-19,22,32H,2-3,20-21,23-24H2,1H3,(H,38,42)/t32-/m0/s1. The molecule has 0 bridgehead atoms. The van der Waals surface area contributed by atoms with Crippen molar-refractivity contribution in [2.24, 2.45) is 0 Å². The van der Waals surface area contributed by atoms with E-state index in [-0.39, 0.29) is 39.5 Å². The number of nitrogens with one attached hydrogen (secondary N) is 1. The number of hydrogen-bond donors (Lipinski definition) is 1. The first kappa shape index (κ1) is 34.3. The summed E-state index contributed by atoms with van der Waals surface area (Å²) in [7, 11) is -4.30. The highest BCUT2D eigenvalue weighted by molar-refractivity contribution is 7.92. The fourth-order valence-corrected chi connectivity index (χ4v) is 6.76. The van der Waals surface area contributed by atoms with Crippen molar-refractivity contribution in [3.8, 4) is 0 Å². The number of carbonyl (C=O) groups excluding carboxylic acids is 2. The molecule has 11 heteroatoms. The summed E-state index contributed by atoms with van der Waals surface area (Å²) in [5, 5.41) is 3.82. The topological polar surface area (TPSA) is 86.8 Å². The van der Waals surface area contributed by atoms with Crippen molar-refractivity contribution in [3.05, 3.63) is 129 Å². The molecule has 1 N–H and O–H groups in total. The second-order valence-corrected chi connectivity index (χ2v) is 13.6. The van der Waals surface area contributed by atoms with Crippen molar-refractivity contribution in [3.63, 3.8) is 0 Å². The van der Waals surface area contributed by atoms with Crippen LogP contribution < -0.4 is 9.62 Å². The predicted molar refractivity (Wildman–Crippen MR) is 181 cm³/mol. The van der Waals surface area contributed by atoms with Gasteiger partial charge in [0, 0.05) is 29.6 Å². The molecular formula is C34H34Cl3N3O4S. The van der Waals surface area contributed by atoms with Gasteiger partial charge in [-0.2, -0.15) is 0 Å². The molecule has 0 aliphatic heterocycles. The largest absolute Gasteiger partial charge is 0.354 e. The third kappa shape index (κ3) is 9.23. The van der Waals surface area contributed by atoms with E-state index in [0.717, 1.165) is 22.7 Å². The molecule has 4 rings (SSSR count).